The van der Waals surface area contributed by atoms with Crippen LogP contribution in [-0.2, 0) is 15.7 Å². The van der Waals surface area contributed by atoms with Gasteiger partial charge in [0, 0.05) is 24.8 Å². The van der Waals surface area contributed by atoms with E-state index < -0.39 is 29.9 Å². The number of rotatable bonds is 3. The van der Waals surface area contributed by atoms with E-state index in [1.807, 2.05) is 6.92 Å². The number of amidine groups is 2. The lowest BCUT2D eigenvalue weighted by Gasteiger charge is -2.32. The van der Waals surface area contributed by atoms with Crippen LogP contribution in [0.1, 0.15) is 31.0 Å². The van der Waals surface area contributed by atoms with E-state index in [0.717, 1.165) is 12.1 Å². The summed E-state index contributed by atoms with van der Waals surface area (Å²) in [6, 6.07) is 1.85. The molecule has 0 spiro atoms. The minimum atomic E-state index is -4.52. The van der Waals surface area contributed by atoms with Crippen LogP contribution in [0.4, 0.5) is 18.9 Å². The molecule has 1 saturated heterocycles. The molecule has 0 saturated carbocycles. The number of nitrogens with zero attached hydrogens (tertiary/aromatic N) is 3. The lowest BCUT2D eigenvalue weighted by molar-refractivity contribution is -0.137. The molecule has 8 nitrogen and oxygen atoms in total. The molecule has 12 heteroatoms. The largest absolute Gasteiger partial charge is 0.416 e. The lowest BCUT2D eigenvalue weighted by atomic mass is 10.0. The van der Waals surface area contributed by atoms with Crippen LogP contribution in [0.15, 0.2) is 40.0 Å². The number of benzene rings is 1. The van der Waals surface area contributed by atoms with Gasteiger partial charge in [-0.3, -0.25) is 4.79 Å². The topological polar surface area (TPSA) is 104 Å². The quantitative estimate of drug-likeness (QED) is 0.451. The van der Waals surface area contributed by atoms with Crippen molar-refractivity contribution in [3.8, 4) is 0 Å². The molecule has 0 bridgehead atoms. The number of morpholine rings is 1. The van der Waals surface area contributed by atoms with Crippen LogP contribution in [0.3, 0.4) is 0 Å². The second kappa shape index (κ2) is 8.86. The number of nitrogens with one attached hydrogen (secondary N) is 2. The first-order valence-corrected chi connectivity index (χ1v) is 10.8. The van der Waals surface area contributed by atoms with Gasteiger partial charge < -0.3 is 26.0 Å². The van der Waals surface area contributed by atoms with Gasteiger partial charge >= 0.3 is 6.18 Å². The second-order valence-corrected chi connectivity index (χ2v) is 8.61. The van der Waals surface area contributed by atoms with Gasteiger partial charge in [0.15, 0.2) is 0 Å². The fourth-order valence-corrected chi connectivity index (χ4v) is 4.26. The Morgan fingerprint density at radius 1 is 1.39 bits per heavy atom. The zero-order chi connectivity index (χ0) is 23.9. The molecule has 3 heterocycles. The van der Waals surface area contributed by atoms with Crippen LogP contribution in [0.2, 0.25) is 0 Å². The van der Waals surface area contributed by atoms with Crippen LogP contribution in [0, 0.1) is 0 Å². The summed E-state index contributed by atoms with van der Waals surface area (Å²) in [5.41, 5.74) is 5.58. The number of halogens is 4. The Kier molecular flexibility index (Phi) is 6.28. The highest BCUT2D eigenvalue weighted by atomic mass is 35.5. The van der Waals surface area contributed by atoms with Gasteiger partial charge in [-0.05, 0) is 55.3 Å². The van der Waals surface area contributed by atoms with Gasteiger partial charge in [0.1, 0.15) is 17.9 Å². The number of ether oxygens (including phenoxy) is 1. The SMILES string of the molecule is CC1CN(C(=O)C2=CC3N=C(Cl)N=C(N[C@H](C)c4cc(N)cc(C(F)(F)F)c4)C3N2)CCO1. The molecule has 1 fully saturated rings. The maximum Gasteiger partial charge on any atom is 0.416 e. The first-order chi connectivity index (χ1) is 15.5. The molecule has 1 amide bonds. The zero-order valence-electron chi connectivity index (χ0n) is 18.0. The van der Waals surface area contributed by atoms with Gasteiger partial charge in [-0.2, -0.15) is 13.2 Å². The minimum Gasteiger partial charge on any atom is -0.399 e. The molecule has 3 aliphatic rings. The third-order valence-electron chi connectivity index (χ3n) is 5.68. The fourth-order valence-electron chi connectivity index (χ4n) is 4.05. The van der Waals surface area contributed by atoms with E-state index >= 15 is 0 Å². The monoisotopic (exact) mass is 484 g/mol. The highest BCUT2D eigenvalue weighted by Crippen LogP contribution is 2.33. The number of hydrogen-bond acceptors (Lipinski definition) is 7. The normalized spacial score (nSPS) is 25.9. The van der Waals surface area contributed by atoms with Gasteiger partial charge in [0.2, 0.25) is 5.29 Å². The summed E-state index contributed by atoms with van der Waals surface area (Å²) < 4.78 is 45.1. The maximum absolute atomic E-state index is 13.2. The van der Waals surface area contributed by atoms with Crippen molar-refractivity contribution >= 4 is 34.3 Å². The predicted molar refractivity (Wildman–Crippen MR) is 119 cm³/mol. The van der Waals surface area contributed by atoms with E-state index in [4.69, 9.17) is 22.1 Å². The lowest BCUT2D eigenvalue weighted by Crippen LogP contribution is -2.51. The Morgan fingerprint density at radius 3 is 2.85 bits per heavy atom. The van der Waals surface area contributed by atoms with Crippen LogP contribution in [0.25, 0.3) is 0 Å². The summed E-state index contributed by atoms with van der Waals surface area (Å²) in [6.45, 7) is 5.01. The molecule has 1 aromatic rings. The molecule has 0 radical (unpaired) electrons. The molecule has 1 aromatic carbocycles. The van der Waals surface area contributed by atoms with Crippen LogP contribution >= 0.6 is 11.6 Å². The minimum absolute atomic E-state index is 0.00445. The first-order valence-electron chi connectivity index (χ1n) is 10.5. The molecule has 33 heavy (non-hydrogen) atoms. The Labute approximate surface area is 193 Å². The Bertz CT molecular complexity index is 1040. The Balaban J connectivity index is 1.51. The second-order valence-electron chi connectivity index (χ2n) is 8.27. The number of hydrogen-bond donors (Lipinski definition) is 3. The predicted octanol–water partition coefficient (Wildman–Crippen LogP) is 2.42. The van der Waals surface area contributed by atoms with E-state index in [2.05, 4.69) is 20.6 Å². The van der Waals surface area contributed by atoms with Crippen molar-refractivity contribution in [2.75, 3.05) is 25.4 Å². The van der Waals surface area contributed by atoms with E-state index in [-0.39, 0.29) is 23.0 Å². The van der Waals surface area contributed by atoms with Gasteiger partial charge in [-0.1, -0.05) is 0 Å². The molecule has 0 aromatic heterocycles. The molecule has 3 unspecified atom stereocenters. The number of carbonyl (C=O) groups is 1. The smallest absolute Gasteiger partial charge is 0.399 e. The third-order valence-corrected chi connectivity index (χ3v) is 5.86. The van der Waals surface area contributed by atoms with Crippen molar-refractivity contribution < 1.29 is 22.7 Å². The van der Waals surface area contributed by atoms with E-state index in [9.17, 15) is 18.0 Å². The number of carbonyl (C=O) groups excluding carboxylic acids is 1. The van der Waals surface area contributed by atoms with Crippen molar-refractivity contribution in [3.63, 3.8) is 0 Å². The van der Waals surface area contributed by atoms with Crippen molar-refractivity contribution in [3.05, 3.63) is 41.1 Å². The van der Waals surface area contributed by atoms with E-state index in [1.165, 1.54) is 6.07 Å². The van der Waals surface area contributed by atoms with Crippen molar-refractivity contribution in [2.45, 2.75) is 44.3 Å². The van der Waals surface area contributed by atoms with Gasteiger partial charge in [0.25, 0.3) is 5.91 Å². The van der Waals surface area contributed by atoms with Crippen LogP contribution in [-0.4, -0.2) is 59.8 Å². The molecular weight excluding hydrogens is 461 g/mol. The number of alkyl halides is 3. The standard InChI is InChI=1S/C21H24ClF3N6O2/c1-10-9-31(3-4-33-10)19(32)16-8-15-17(28-16)18(30-20(22)29-15)27-11(2)12-5-13(21(23,24)25)7-14(26)6-12/h5-8,10-11,15,17,28H,3-4,9,26H2,1-2H3,(H,27,29,30)/t10?,11-,15?,17?/m1/s1. The number of amides is 1. The van der Waals surface area contributed by atoms with Crippen molar-refractivity contribution in [2.24, 2.45) is 9.98 Å². The van der Waals surface area contributed by atoms with Crippen LogP contribution < -0.4 is 16.4 Å². The number of fused-ring (bicyclic) bond motifs is 1. The number of anilines is 1. The highest BCUT2D eigenvalue weighted by molar-refractivity contribution is 6.66. The third kappa shape index (κ3) is 5.09. The fraction of sp³-hybridized carbons (Fsp3) is 0.476. The Hall–Kier alpha value is -2.79. The zero-order valence-corrected chi connectivity index (χ0v) is 18.7. The van der Waals surface area contributed by atoms with Gasteiger partial charge in [-0.25, -0.2) is 9.98 Å². The molecule has 4 rings (SSSR count). The average Bonchev–Trinajstić information content (AvgIpc) is 3.16. The summed E-state index contributed by atoms with van der Waals surface area (Å²) in [6.07, 6.45) is -2.88. The van der Waals surface area contributed by atoms with Gasteiger partial charge in [-0.15, -0.1) is 0 Å². The number of nitrogens with two attached hydrogens (primary N) is 1. The summed E-state index contributed by atoms with van der Waals surface area (Å²) >= 11 is 6.10. The number of aliphatic imine (C=N–C) groups is 2. The summed E-state index contributed by atoms with van der Waals surface area (Å²) in [5.74, 6) is 0.196. The van der Waals surface area contributed by atoms with Crippen LogP contribution in [0.5, 0.6) is 0 Å². The molecule has 3 aliphatic heterocycles. The molecule has 178 valence electrons. The summed E-state index contributed by atoms with van der Waals surface area (Å²) in [7, 11) is 0. The molecule has 4 atom stereocenters. The molecule has 0 aliphatic carbocycles. The first kappa shape index (κ1) is 23.4. The van der Waals surface area contributed by atoms with Crippen molar-refractivity contribution in [1.29, 1.82) is 0 Å². The Morgan fingerprint density at radius 2 is 2.15 bits per heavy atom. The molecule has 4 N–H and O–H groups in total. The average molecular weight is 485 g/mol. The number of nitrogen functional groups attached to an aromatic ring is 1. The highest BCUT2D eigenvalue weighted by Gasteiger charge is 2.39. The maximum atomic E-state index is 13.2. The molecular formula is C21H24ClF3N6O2. The van der Waals surface area contributed by atoms with Crippen molar-refractivity contribution in [1.82, 2.24) is 15.5 Å². The van der Waals surface area contributed by atoms with E-state index in [1.54, 1.807) is 17.9 Å². The summed E-state index contributed by atoms with van der Waals surface area (Å²) in [4.78, 5) is 23.2. The van der Waals surface area contributed by atoms with Gasteiger partial charge in [0.05, 0.1) is 24.0 Å². The van der Waals surface area contributed by atoms with E-state index in [0.29, 0.717) is 36.8 Å². The summed E-state index contributed by atoms with van der Waals surface area (Å²) in [5, 5.41) is 6.24.